The second-order valence-corrected chi connectivity index (χ2v) is 5.61. The Labute approximate surface area is 110 Å². The van der Waals surface area contributed by atoms with Crippen LogP contribution in [0.3, 0.4) is 0 Å². The molecule has 2 nitrogen and oxygen atoms in total. The molecule has 0 spiro atoms. The quantitative estimate of drug-likeness (QED) is 0.905. The van der Waals surface area contributed by atoms with Crippen molar-refractivity contribution in [2.45, 2.75) is 26.0 Å². The Morgan fingerprint density at radius 1 is 1.47 bits per heavy atom. The average molecular weight is 302 g/mol. The van der Waals surface area contributed by atoms with E-state index in [-0.39, 0.29) is 11.9 Å². The van der Waals surface area contributed by atoms with Crippen LogP contribution in [0.2, 0.25) is 0 Å². The number of morpholine rings is 1. The van der Waals surface area contributed by atoms with Crippen molar-refractivity contribution in [3.63, 3.8) is 0 Å². The summed E-state index contributed by atoms with van der Waals surface area (Å²) in [5.41, 5.74) is 1.01. The van der Waals surface area contributed by atoms with Crippen molar-refractivity contribution in [1.82, 2.24) is 5.32 Å². The Hall–Kier alpha value is -0.450. The Kier molecular flexibility index (Phi) is 4.17. The zero-order valence-electron chi connectivity index (χ0n) is 10.0. The first-order valence-corrected chi connectivity index (χ1v) is 6.67. The lowest BCUT2D eigenvalue weighted by Gasteiger charge is -2.32. The average Bonchev–Trinajstić information content (AvgIpc) is 2.33. The van der Waals surface area contributed by atoms with Gasteiger partial charge in [0.15, 0.2) is 0 Å². The van der Waals surface area contributed by atoms with Gasteiger partial charge in [-0.05, 0) is 39.5 Å². The van der Waals surface area contributed by atoms with Crippen molar-refractivity contribution < 1.29 is 9.13 Å². The third-order valence-corrected chi connectivity index (χ3v) is 3.77. The number of rotatable bonds is 2. The molecule has 0 aliphatic carbocycles. The predicted octanol–water partition coefficient (Wildman–Crippen LogP) is 3.27. The molecule has 0 aromatic heterocycles. The first-order chi connectivity index (χ1) is 8.08. The predicted molar refractivity (Wildman–Crippen MR) is 69.4 cm³/mol. The van der Waals surface area contributed by atoms with Crippen molar-refractivity contribution >= 4 is 15.9 Å². The van der Waals surface area contributed by atoms with Crippen molar-refractivity contribution in [2.24, 2.45) is 5.92 Å². The van der Waals surface area contributed by atoms with Crippen LogP contribution in [0.1, 0.15) is 25.5 Å². The van der Waals surface area contributed by atoms with Gasteiger partial charge < -0.3 is 10.1 Å². The monoisotopic (exact) mass is 301 g/mol. The third kappa shape index (κ3) is 3.06. The van der Waals surface area contributed by atoms with Gasteiger partial charge in [-0.1, -0.05) is 19.9 Å². The highest BCUT2D eigenvalue weighted by atomic mass is 79.9. The minimum Gasteiger partial charge on any atom is -0.371 e. The molecule has 94 valence electrons. The molecule has 0 bridgehead atoms. The third-order valence-electron chi connectivity index (χ3n) is 3.16. The molecule has 2 atom stereocenters. The number of hydrogen-bond donors (Lipinski definition) is 1. The molecule has 1 saturated heterocycles. The highest BCUT2D eigenvalue weighted by Crippen LogP contribution is 2.25. The summed E-state index contributed by atoms with van der Waals surface area (Å²) in [6.45, 7) is 5.84. The number of benzene rings is 1. The molecule has 1 aromatic rings. The minimum atomic E-state index is -0.238. The maximum absolute atomic E-state index is 13.1. The van der Waals surface area contributed by atoms with Gasteiger partial charge >= 0.3 is 0 Å². The van der Waals surface area contributed by atoms with Crippen LogP contribution in [0.25, 0.3) is 0 Å². The summed E-state index contributed by atoms with van der Waals surface area (Å²) in [5, 5.41) is 3.47. The van der Waals surface area contributed by atoms with Gasteiger partial charge in [-0.25, -0.2) is 4.39 Å². The molecule has 2 rings (SSSR count). The van der Waals surface area contributed by atoms with Crippen LogP contribution in [0.15, 0.2) is 22.7 Å². The fourth-order valence-electron chi connectivity index (χ4n) is 1.95. The zero-order valence-corrected chi connectivity index (χ0v) is 11.6. The van der Waals surface area contributed by atoms with Crippen LogP contribution in [0, 0.1) is 11.7 Å². The second-order valence-electron chi connectivity index (χ2n) is 4.75. The molecule has 1 aromatic carbocycles. The van der Waals surface area contributed by atoms with E-state index in [0.29, 0.717) is 23.0 Å². The number of halogens is 2. The Balaban J connectivity index is 2.03. The van der Waals surface area contributed by atoms with Crippen LogP contribution < -0.4 is 5.32 Å². The SMILES string of the molecule is CC(C)C1COC(c2ccc(F)c(Br)c2)CN1. The summed E-state index contributed by atoms with van der Waals surface area (Å²) in [6, 6.07) is 5.45. The standard InChI is InChI=1S/C13H17BrFNO/c1-8(2)12-7-17-13(6-16-12)9-3-4-11(15)10(14)5-9/h3-5,8,12-13,16H,6-7H2,1-2H3. The van der Waals surface area contributed by atoms with E-state index in [9.17, 15) is 4.39 Å². The van der Waals surface area contributed by atoms with Crippen LogP contribution in [0.4, 0.5) is 4.39 Å². The number of nitrogens with one attached hydrogen (secondary N) is 1. The van der Waals surface area contributed by atoms with Gasteiger partial charge in [0, 0.05) is 12.6 Å². The largest absolute Gasteiger partial charge is 0.371 e. The van der Waals surface area contributed by atoms with Crippen molar-refractivity contribution in [1.29, 1.82) is 0 Å². The summed E-state index contributed by atoms with van der Waals surface area (Å²) >= 11 is 3.20. The molecule has 1 aliphatic rings. The van der Waals surface area contributed by atoms with E-state index >= 15 is 0 Å². The molecule has 4 heteroatoms. The summed E-state index contributed by atoms with van der Waals surface area (Å²) in [7, 11) is 0. The molecule has 1 fully saturated rings. The maximum Gasteiger partial charge on any atom is 0.137 e. The van der Waals surface area contributed by atoms with Gasteiger partial charge in [0.05, 0.1) is 17.2 Å². The highest BCUT2D eigenvalue weighted by Gasteiger charge is 2.24. The lowest BCUT2D eigenvalue weighted by atomic mass is 10.0. The molecule has 2 unspecified atom stereocenters. The topological polar surface area (TPSA) is 21.3 Å². The highest BCUT2D eigenvalue weighted by molar-refractivity contribution is 9.10. The Morgan fingerprint density at radius 3 is 2.76 bits per heavy atom. The molecule has 0 radical (unpaired) electrons. The molecule has 1 aliphatic heterocycles. The molecule has 0 amide bonds. The zero-order chi connectivity index (χ0) is 12.4. The lowest BCUT2D eigenvalue weighted by molar-refractivity contribution is -0.00717. The Morgan fingerprint density at radius 2 is 2.24 bits per heavy atom. The van der Waals surface area contributed by atoms with E-state index in [0.717, 1.165) is 12.1 Å². The van der Waals surface area contributed by atoms with Crippen LogP contribution >= 0.6 is 15.9 Å². The Bertz CT molecular complexity index is 389. The fraction of sp³-hybridized carbons (Fsp3) is 0.538. The van der Waals surface area contributed by atoms with E-state index < -0.39 is 0 Å². The summed E-state index contributed by atoms with van der Waals surface area (Å²) in [6.07, 6.45) is 0.0156. The first kappa shape index (κ1) is 13.0. The van der Waals surface area contributed by atoms with Gasteiger partial charge in [0.2, 0.25) is 0 Å². The molecule has 17 heavy (non-hydrogen) atoms. The first-order valence-electron chi connectivity index (χ1n) is 5.88. The summed E-state index contributed by atoms with van der Waals surface area (Å²) in [5.74, 6) is 0.327. The van der Waals surface area contributed by atoms with Crippen LogP contribution in [0.5, 0.6) is 0 Å². The van der Waals surface area contributed by atoms with E-state index in [1.54, 1.807) is 12.1 Å². The van der Waals surface area contributed by atoms with E-state index in [2.05, 4.69) is 35.1 Å². The number of ether oxygens (including phenoxy) is 1. The number of hydrogen-bond acceptors (Lipinski definition) is 2. The van der Waals surface area contributed by atoms with Crippen molar-refractivity contribution in [3.8, 4) is 0 Å². The smallest absolute Gasteiger partial charge is 0.137 e. The van der Waals surface area contributed by atoms with E-state index in [1.807, 2.05) is 0 Å². The van der Waals surface area contributed by atoms with Gasteiger partial charge in [0.1, 0.15) is 5.82 Å². The fourth-order valence-corrected chi connectivity index (χ4v) is 2.35. The van der Waals surface area contributed by atoms with Crippen molar-refractivity contribution in [3.05, 3.63) is 34.1 Å². The molecular weight excluding hydrogens is 285 g/mol. The summed E-state index contributed by atoms with van der Waals surface area (Å²) < 4.78 is 19.4. The minimum absolute atomic E-state index is 0.0156. The molecule has 1 N–H and O–H groups in total. The van der Waals surface area contributed by atoms with Gasteiger partial charge in [-0.2, -0.15) is 0 Å². The molecular formula is C13H17BrFNO. The van der Waals surface area contributed by atoms with E-state index in [1.165, 1.54) is 6.07 Å². The molecule has 0 saturated carbocycles. The second kappa shape index (κ2) is 5.46. The molecule has 1 heterocycles. The van der Waals surface area contributed by atoms with Crippen LogP contribution in [-0.2, 0) is 4.74 Å². The van der Waals surface area contributed by atoms with Gasteiger partial charge in [-0.15, -0.1) is 0 Å². The maximum atomic E-state index is 13.1. The van der Waals surface area contributed by atoms with Gasteiger partial charge in [0.25, 0.3) is 0 Å². The lowest BCUT2D eigenvalue weighted by Crippen LogP contribution is -2.45. The van der Waals surface area contributed by atoms with Crippen LogP contribution in [-0.4, -0.2) is 19.2 Å². The van der Waals surface area contributed by atoms with Crippen molar-refractivity contribution in [2.75, 3.05) is 13.2 Å². The van der Waals surface area contributed by atoms with Gasteiger partial charge in [-0.3, -0.25) is 0 Å². The summed E-state index contributed by atoms with van der Waals surface area (Å²) in [4.78, 5) is 0. The van der Waals surface area contributed by atoms with E-state index in [4.69, 9.17) is 4.74 Å². The normalized spacial score (nSPS) is 25.2.